The molecule has 3 nitrogen and oxygen atoms in total. The molecule has 8 aromatic carbocycles. The van der Waals surface area contributed by atoms with E-state index in [1.807, 2.05) is 23.5 Å². The molecular formula is C46H27NO2S. The van der Waals surface area contributed by atoms with E-state index in [9.17, 15) is 0 Å². The molecule has 3 aromatic heterocycles. The molecule has 0 spiro atoms. The Morgan fingerprint density at radius 3 is 1.86 bits per heavy atom. The summed E-state index contributed by atoms with van der Waals surface area (Å²) in [6, 6.07) is 58.1. The highest BCUT2D eigenvalue weighted by Crippen LogP contribution is 2.48. The number of fused-ring (bicyclic) bond motifs is 13. The minimum atomic E-state index is 0.863. The van der Waals surface area contributed by atoms with Crippen LogP contribution in [0.1, 0.15) is 0 Å². The van der Waals surface area contributed by atoms with E-state index in [4.69, 9.17) is 8.83 Å². The average Bonchev–Trinajstić information content (AvgIpc) is 3.87. The Bertz CT molecular complexity index is 3090. The Balaban J connectivity index is 1.17. The van der Waals surface area contributed by atoms with Gasteiger partial charge in [-0.05, 0) is 71.1 Å². The second kappa shape index (κ2) is 10.6. The van der Waals surface area contributed by atoms with Gasteiger partial charge in [-0.1, -0.05) is 103 Å². The maximum atomic E-state index is 6.82. The molecule has 0 amide bonds. The molecule has 0 aliphatic rings. The predicted octanol–water partition coefficient (Wildman–Crippen LogP) is 14.1. The van der Waals surface area contributed by atoms with Crippen molar-refractivity contribution in [2.45, 2.75) is 0 Å². The molecule has 0 unspecified atom stereocenters. The zero-order valence-electron chi connectivity index (χ0n) is 26.8. The van der Waals surface area contributed by atoms with Crippen molar-refractivity contribution in [3.63, 3.8) is 0 Å². The maximum absolute atomic E-state index is 6.82. The van der Waals surface area contributed by atoms with Crippen LogP contribution < -0.4 is 4.90 Å². The lowest BCUT2D eigenvalue weighted by Crippen LogP contribution is -2.09. The molecule has 50 heavy (non-hydrogen) atoms. The van der Waals surface area contributed by atoms with Crippen molar-refractivity contribution in [2.24, 2.45) is 0 Å². The zero-order chi connectivity index (χ0) is 32.8. The number of hydrogen-bond acceptors (Lipinski definition) is 4. The molecule has 11 rings (SSSR count). The van der Waals surface area contributed by atoms with Crippen LogP contribution in [0.2, 0.25) is 0 Å². The van der Waals surface area contributed by atoms with Crippen LogP contribution in [-0.2, 0) is 0 Å². The van der Waals surface area contributed by atoms with Crippen LogP contribution in [0.4, 0.5) is 17.1 Å². The Labute approximate surface area is 290 Å². The summed E-state index contributed by atoms with van der Waals surface area (Å²) in [5.74, 6) is 0. The molecule has 0 fully saturated rings. The summed E-state index contributed by atoms with van der Waals surface area (Å²) < 4.78 is 15.7. The average molecular weight is 658 g/mol. The maximum Gasteiger partial charge on any atom is 0.145 e. The van der Waals surface area contributed by atoms with E-state index >= 15 is 0 Å². The lowest BCUT2D eigenvalue weighted by atomic mass is 9.99. The summed E-state index contributed by atoms with van der Waals surface area (Å²) in [5, 5.41) is 9.38. The van der Waals surface area contributed by atoms with Crippen LogP contribution in [0.15, 0.2) is 173 Å². The van der Waals surface area contributed by atoms with Gasteiger partial charge in [-0.25, -0.2) is 0 Å². The molecule has 0 aliphatic carbocycles. The van der Waals surface area contributed by atoms with E-state index in [1.54, 1.807) is 0 Å². The quantitative estimate of drug-likeness (QED) is 0.189. The number of anilines is 3. The highest BCUT2D eigenvalue weighted by molar-refractivity contribution is 7.27. The number of para-hydroxylation sites is 1. The summed E-state index contributed by atoms with van der Waals surface area (Å²) in [6.07, 6.45) is 0. The van der Waals surface area contributed by atoms with E-state index in [0.717, 1.165) is 60.9 Å². The fourth-order valence-electron chi connectivity index (χ4n) is 7.76. The molecule has 11 aromatic rings. The van der Waals surface area contributed by atoms with Crippen molar-refractivity contribution >= 4 is 103 Å². The Morgan fingerprint density at radius 2 is 1.00 bits per heavy atom. The summed E-state index contributed by atoms with van der Waals surface area (Å²) in [7, 11) is 0. The van der Waals surface area contributed by atoms with Gasteiger partial charge < -0.3 is 13.7 Å². The minimum Gasteiger partial charge on any atom is -0.456 e. The van der Waals surface area contributed by atoms with Crippen LogP contribution in [0, 0.1) is 0 Å². The number of benzene rings is 8. The fraction of sp³-hybridized carbons (Fsp3) is 0. The standard InChI is InChI=1S/C46H27NO2S/c1-2-10-28(11-3-1)29-18-20-30(21-19-29)47(32-22-24-34-33-12-6-8-16-39(33)48-41(34)27-32)31-23-25-40-38(26-31)43-35-13-4-5-14-36(35)46-44(45(43)49-40)37-15-7-9-17-42(37)50-46/h1-27H. The van der Waals surface area contributed by atoms with Crippen LogP contribution >= 0.6 is 11.3 Å². The lowest BCUT2D eigenvalue weighted by molar-refractivity contribution is 0.669. The lowest BCUT2D eigenvalue weighted by Gasteiger charge is -2.25. The first-order valence-corrected chi connectivity index (χ1v) is 17.7. The zero-order valence-corrected chi connectivity index (χ0v) is 27.6. The molecule has 234 valence electrons. The predicted molar refractivity (Wildman–Crippen MR) is 212 cm³/mol. The van der Waals surface area contributed by atoms with Crippen LogP contribution in [-0.4, -0.2) is 0 Å². The molecule has 0 N–H and O–H groups in total. The van der Waals surface area contributed by atoms with Gasteiger partial charge in [-0.2, -0.15) is 0 Å². The van der Waals surface area contributed by atoms with Crippen molar-refractivity contribution in [1.29, 1.82) is 0 Å². The molecule has 3 heterocycles. The van der Waals surface area contributed by atoms with E-state index in [-0.39, 0.29) is 0 Å². The van der Waals surface area contributed by atoms with E-state index in [0.29, 0.717) is 0 Å². The van der Waals surface area contributed by atoms with Gasteiger partial charge >= 0.3 is 0 Å². The van der Waals surface area contributed by atoms with E-state index in [2.05, 4.69) is 157 Å². The van der Waals surface area contributed by atoms with Gasteiger partial charge in [0, 0.05) is 70.2 Å². The number of rotatable bonds is 4. The van der Waals surface area contributed by atoms with Gasteiger partial charge in [0.15, 0.2) is 0 Å². The van der Waals surface area contributed by atoms with Crippen molar-refractivity contribution in [3.05, 3.63) is 164 Å². The van der Waals surface area contributed by atoms with Crippen molar-refractivity contribution in [3.8, 4) is 11.1 Å². The Morgan fingerprint density at radius 1 is 0.380 bits per heavy atom. The van der Waals surface area contributed by atoms with Gasteiger partial charge in [0.1, 0.15) is 22.3 Å². The van der Waals surface area contributed by atoms with Crippen molar-refractivity contribution in [1.82, 2.24) is 0 Å². The molecule has 0 radical (unpaired) electrons. The van der Waals surface area contributed by atoms with Gasteiger partial charge in [-0.15, -0.1) is 11.3 Å². The SMILES string of the molecule is c1ccc(-c2ccc(N(c3ccc4c(c3)oc3ccccc34)c3ccc4oc5c(c4c3)c3ccccc3c3sc4ccccc4c53)cc2)cc1. The van der Waals surface area contributed by atoms with Crippen molar-refractivity contribution < 1.29 is 8.83 Å². The van der Waals surface area contributed by atoms with Crippen LogP contribution in [0.3, 0.4) is 0 Å². The Kier molecular flexibility index (Phi) is 5.83. The van der Waals surface area contributed by atoms with E-state index < -0.39 is 0 Å². The first-order valence-electron chi connectivity index (χ1n) is 16.8. The van der Waals surface area contributed by atoms with Crippen molar-refractivity contribution in [2.75, 3.05) is 4.90 Å². The third-order valence-corrected chi connectivity index (χ3v) is 11.3. The molecule has 0 aliphatic heterocycles. The smallest absolute Gasteiger partial charge is 0.145 e. The summed E-state index contributed by atoms with van der Waals surface area (Å²) in [5.41, 5.74) is 9.08. The van der Waals surface area contributed by atoms with Gasteiger partial charge in [0.2, 0.25) is 0 Å². The normalized spacial score (nSPS) is 12.0. The first kappa shape index (κ1) is 27.6. The van der Waals surface area contributed by atoms with Crippen LogP contribution in [0.5, 0.6) is 0 Å². The van der Waals surface area contributed by atoms with Gasteiger partial charge in [0.05, 0.1) is 0 Å². The third-order valence-electron chi connectivity index (χ3n) is 10.0. The number of thiophene rings is 1. The number of furan rings is 2. The Hall–Kier alpha value is -6.36. The topological polar surface area (TPSA) is 29.5 Å². The fourth-order valence-corrected chi connectivity index (χ4v) is 9.00. The third kappa shape index (κ3) is 4.03. The second-order valence-electron chi connectivity index (χ2n) is 12.9. The van der Waals surface area contributed by atoms with Gasteiger partial charge in [-0.3, -0.25) is 0 Å². The molecule has 0 saturated carbocycles. The summed E-state index contributed by atoms with van der Waals surface area (Å²) >= 11 is 1.84. The minimum absolute atomic E-state index is 0.863. The summed E-state index contributed by atoms with van der Waals surface area (Å²) in [6.45, 7) is 0. The highest BCUT2D eigenvalue weighted by atomic mass is 32.1. The van der Waals surface area contributed by atoms with Crippen LogP contribution in [0.25, 0.3) is 85.9 Å². The monoisotopic (exact) mass is 657 g/mol. The molecular weight excluding hydrogens is 631 g/mol. The summed E-state index contributed by atoms with van der Waals surface area (Å²) in [4.78, 5) is 2.32. The molecule has 4 heteroatoms. The van der Waals surface area contributed by atoms with E-state index in [1.165, 1.54) is 42.1 Å². The number of hydrogen-bond donors (Lipinski definition) is 0. The largest absolute Gasteiger partial charge is 0.456 e. The highest BCUT2D eigenvalue weighted by Gasteiger charge is 2.22. The molecule has 0 saturated heterocycles. The molecule has 0 bridgehead atoms. The van der Waals surface area contributed by atoms with Gasteiger partial charge in [0.25, 0.3) is 0 Å². The number of nitrogens with zero attached hydrogens (tertiary/aromatic N) is 1. The second-order valence-corrected chi connectivity index (χ2v) is 13.9. The molecule has 0 atom stereocenters. The first-order chi connectivity index (χ1) is 24.8.